The minimum Gasteiger partial charge on any atom is -0.496 e. The minimum absolute atomic E-state index is 0.281. The van der Waals surface area contributed by atoms with Gasteiger partial charge in [-0.05, 0) is 19.1 Å². The molecule has 1 atom stereocenters. The van der Waals surface area contributed by atoms with Gasteiger partial charge in [0.25, 0.3) is 0 Å². The van der Waals surface area contributed by atoms with Gasteiger partial charge in [0.1, 0.15) is 17.5 Å². The van der Waals surface area contributed by atoms with Gasteiger partial charge in [-0.25, -0.2) is 4.79 Å². The van der Waals surface area contributed by atoms with Crippen LogP contribution in [0.3, 0.4) is 0 Å². The maximum absolute atomic E-state index is 13.9. The van der Waals surface area contributed by atoms with E-state index in [9.17, 15) is 26.7 Å². The highest BCUT2D eigenvalue weighted by atomic mass is 19.4. The van der Waals surface area contributed by atoms with Crippen LogP contribution in [0, 0.1) is 0 Å². The van der Waals surface area contributed by atoms with Crippen molar-refractivity contribution in [1.82, 2.24) is 0 Å². The monoisotopic (exact) mass is 343 g/mol. The van der Waals surface area contributed by atoms with Crippen LogP contribution in [0.1, 0.15) is 18.5 Å². The lowest BCUT2D eigenvalue weighted by molar-refractivity contribution is -0.274. The Balaban J connectivity index is 3.14. The van der Waals surface area contributed by atoms with Crippen molar-refractivity contribution in [3.05, 3.63) is 23.8 Å². The first-order valence-electron chi connectivity index (χ1n) is 6.27. The molecule has 10 heteroatoms. The number of hydrogen-bond donors (Lipinski definition) is 1. The molecule has 5 nitrogen and oxygen atoms in total. The molecule has 0 amide bonds. The minimum atomic E-state index is -4.95. The van der Waals surface area contributed by atoms with Gasteiger partial charge in [-0.2, -0.15) is 8.78 Å². The summed E-state index contributed by atoms with van der Waals surface area (Å²) in [6, 6.07) is 0.213. The average Bonchev–Trinajstić information content (AvgIpc) is 2.44. The summed E-state index contributed by atoms with van der Waals surface area (Å²) in [6.07, 6.45) is -4.95. The maximum Gasteiger partial charge on any atom is 0.573 e. The number of rotatable bonds is 6. The molecule has 0 bridgehead atoms. The molecule has 0 heterocycles. The second kappa shape index (κ2) is 6.99. The Bertz CT molecular complexity index is 562. The number of alkyl halides is 5. The highest BCUT2D eigenvalue weighted by Crippen LogP contribution is 2.38. The Labute approximate surface area is 128 Å². The van der Waals surface area contributed by atoms with E-state index in [0.29, 0.717) is 0 Å². The molecule has 130 valence electrons. The highest BCUT2D eigenvalue weighted by molar-refractivity contribution is 5.79. The van der Waals surface area contributed by atoms with Crippen LogP contribution in [0.4, 0.5) is 22.0 Å². The predicted octanol–water partition coefficient (Wildman–Crippen LogP) is 2.79. The predicted molar refractivity (Wildman–Crippen MR) is 68.2 cm³/mol. The number of methoxy groups -OCH3 is 1. The van der Waals surface area contributed by atoms with Gasteiger partial charge in [0.05, 0.1) is 13.7 Å². The third kappa shape index (κ3) is 4.68. The fraction of sp³-hybridized carbons (Fsp3) is 0.462. The zero-order valence-electron chi connectivity index (χ0n) is 12.1. The van der Waals surface area contributed by atoms with Gasteiger partial charge in [-0.15, -0.1) is 13.2 Å². The van der Waals surface area contributed by atoms with Gasteiger partial charge in [0, 0.05) is 11.6 Å². The highest BCUT2D eigenvalue weighted by Gasteiger charge is 2.48. The number of ether oxygens (including phenoxy) is 3. The van der Waals surface area contributed by atoms with E-state index in [-0.39, 0.29) is 17.9 Å². The van der Waals surface area contributed by atoms with E-state index in [4.69, 9.17) is 10.5 Å². The third-order valence-corrected chi connectivity index (χ3v) is 2.71. The molecule has 0 aliphatic carbocycles. The molecule has 0 radical (unpaired) electrons. The molecule has 1 aromatic rings. The summed E-state index contributed by atoms with van der Waals surface area (Å²) < 4.78 is 76.9. The van der Waals surface area contributed by atoms with E-state index in [1.807, 2.05) is 0 Å². The second-order valence-corrected chi connectivity index (χ2v) is 4.27. The number of halogens is 5. The second-order valence-electron chi connectivity index (χ2n) is 4.27. The Hall–Kier alpha value is -2.10. The van der Waals surface area contributed by atoms with Crippen molar-refractivity contribution in [1.29, 1.82) is 0 Å². The van der Waals surface area contributed by atoms with Crippen molar-refractivity contribution >= 4 is 5.97 Å². The lowest BCUT2D eigenvalue weighted by Gasteiger charge is -2.23. The van der Waals surface area contributed by atoms with Gasteiger partial charge in [0.15, 0.2) is 0 Å². The molecule has 0 aliphatic rings. The van der Waals surface area contributed by atoms with Gasteiger partial charge in [-0.3, -0.25) is 0 Å². The molecule has 23 heavy (non-hydrogen) atoms. The Morgan fingerprint density at radius 3 is 2.35 bits per heavy atom. The Morgan fingerprint density at radius 2 is 1.87 bits per heavy atom. The molecule has 0 aromatic heterocycles. The summed E-state index contributed by atoms with van der Waals surface area (Å²) in [7, 11) is 1.05. The Morgan fingerprint density at radius 1 is 1.26 bits per heavy atom. The lowest BCUT2D eigenvalue weighted by atomic mass is 10.00. The number of benzene rings is 1. The Kier molecular flexibility index (Phi) is 5.75. The summed E-state index contributed by atoms with van der Waals surface area (Å²) in [5.41, 5.74) is 4.99. The van der Waals surface area contributed by atoms with E-state index < -0.39 is 30.0 Å². The number of carbonyl (C=O) groups is 1. The molecule has 2 N–H and O–H groups in total. The van der Waals surface area contributed by atoms with Crippen molar-refractivity contribution < 1.29 is 41.0 Å². The summed E-state index contributed by atoms with van der Waals surface area (Å²) in [5, 5.41) is 0. The first kappa shape index (κ1) is 18.9. The molecule has 0 fully saturated rings. The molecule has 0 aliphatic heterocycles. The normalized spacial score (nSPS) is 13.4. The van der Waals surface area contributed by atoms with Crippen LogP contribution < -0.4 is 15.2 Å². The SMILES string of the molecule is CCOC(=O)C(F)(F)[C@@H](N)c1ccc(OC(F)(F)F)cc1OC. The van der Waals surface area contributed by atoms with E-state index in [2.05, 4.69) is 9.47 Å². The van der Waals surface area contributed by atoms with Gasteiger partial charge in [-0.1, -0.05) is 0 Å². The summed E-state index contributed by atoms with van der Waals surface area (Å²) in [5.74, 6) is -6.99. The summed E-state index contributed by atoms with van der Waals surface area (Å²) in [6.45, 7) is 1.06. The summed E-state index contributed by atoms with van der Waals surface area (Å²) in [4.78, 5) is 11.3. The van der Waals surface area contributed by atoms with Crippen molar-refractivity contribution in [2.45, 2.75) is 25.3 Å². The number of hydrogen-bond acceptors (Lipinski definition) is 5. The zero-order valence-corrected chi connectivity index (χ0v) is 12.1. The van der Waals surface area contributed by atoms with E-state index >= 15 is 0 Å². The fourth-order valence-electron chi connectivity index (χ4n) is 1.70. The van der Waals surface area contributed by atoms with Gasteiger partial charge < -0.3 is 19.9 Å². The number of esters is 1. The molecule has 1 aromatic carbocycles. The number of carbonyl (C=O) groups excluding carboxylic acids is 1. The maximum atomic E-state index is 13.9. The van der Waals surface area contributed by atoms with E-state index in [1.165, 1.54) is 6.92 Å². The van der Waals surface area contributed by atoms with Crippen molar-refractivity contribution in [3.8, 4) is 11.5 Å². The van der Waals surface area contributed by atoms with E-state index in [1.54, 1.807) is 0 Å². The van der Waals surface area contributed by atoms with Crippen molar-refractivity contribution in [2.75, 3.05) is 13.7 Å². The first-order valence-corrected chi connectivity index (χ1v) is 6.27. The summed E-state index contributed by atoms with van der Waals surface area (Å²) >= 11 is 0. The lowest BCUT2D eigenvalue weighted by Crippen LogP contribution is -2.41. The van der Waals surface area contributed by atoms with Crippen LogP contribution in [-0.2, 0) is 9.53 Å². The van der Waals surface area contributed by atoms with Gasteiger partial charge >= 0.3 is 18.3 Å². The molecular weight excluding hydrogens is 329 g/mol. The third-order valence-electron chi connectivity index (χ3n) is 2.71. The van der Waals surface area contributed by atoms with Gasteiger partial charge in [0.2, 0.25) is 0 Å². The molecule has 0 saturated carbocycles. The topological polar surface area (TPSA) is 70.8 Å². The van der Waals surface area contributed by atoms with Crippen molar-refractivity contribution in [3.63, 3.8) is 0 Å². The smallest absolute Gasteiger partial charge is 0.496 e. The zero-order chi connectivity index (χ0) is 17.8. The molecule has 1 rings (SSSR count). The van der Waals surface area contributed by atoms with Crippen LogP contribution in [0.2, 0.25) is 0 Å². The molecule has 0 spiro atoms. The number of nitrogens with two attached hydrogens (primary N) is 1. The standard InChI is InChI=1S/C13H14F5NO4/c1-3-22-11(20)12(14,15)10(19)8-5-4-7(6-9(8)21-2)23-13(16,17)18/h4-6,10H,3,19H2,1-2H3/t10-/m0/s1. The van der Waals surface area contributed by atoms with E-state index in [0.717, 1.165) is 25.3 Å². The van der Waals surface area contributed by atoms with Crippen LogP contribution in [-0.4, -0.2) is 32.0 Å². The van der Waals surface area contributed by atoms with Crippen molar-refractivity contribution in [2.24, 2.45) is 5.73 Å². The van der Waals surface area contributed by atoms with Crippen LogP contribution in [0.25, 0.3) is 0 Å². The molecule has 0 saturated heterocycles. The fourth-order valence-corrected chi connectivity index (χ4v) is 1.70. The van der Waals surface area contributed by atoms with Crippen LogP contribution in [0.5, 0.6) is 11.5 Å². The first-order chi connectivity index (χ1) is 10.5. The average molecular weight is 343 g/mol. The largest absolute Gasteiger partial charge is 0.573 e. The molecular formula is C13H14F5NO4. The molecule has 0 unspecified atom stereocenters. The van der Waals surface area contributed by atoms with Crippen LogP contribution in [0.15, 0.2) is 18.2 Å². The van der Waals surface area contributed by atoms with Crippen LogP contribution >= 0.6 is 0 Å². The quantitative estimate of drug-likeness (QED) is 0.635.